The van der Waals surface area contributed by atoms with Crippen LogP contribution >= 0.6 is 0 Å². The van der Waals surface area contributed by atoms with Gasteiger partial charge in [0.25, 0.3) is 0 Å². The fourth-order valence-electron chi connectivity index (χ4n) is 2.54. The highest BCUT2D eigenvalue weighted by atomic mass is 14.9. The van der Waals surface area contributed by atoms with Crippen LogP contribution in [0.25, 0.3) is 0 Å². The van der Waals surface area contributed by atoms with Crippen LogP contribution in [0.4, 0.5) is 0 Å². The molecule has 1 N–H and O–H groups in total. The summed E-state index contributed by atoms with van der Waals surface area (Å²) in [6, 6.07) is 0. The Morgan fingerprint density at radius 1 is 1.05 bits per heavy atom. The summed E-state index contributed by atoms with van der Waals surface area (Å²) in [5.41, 5.74) is 2.72. The highest BCUT2D eigenvalue weighted by Gasteiger charge is 2.21. The molecular weight excluding hydrogens is 232 g/mol. The van der Waals surface area contributed by atoms with Gasteiger partial charge in [0.2, 0.25) is 0 Å². The number of imidazole rings is 1. The number of unbranched alkanes of at least 4 members (excludes halogenated alkanes) is 1. The van der Waals surface area contributed by atoms with E-state index in [1.165, 1.54) is 42.9 Å². The molecule has 0 radical (unpaired) electrons. The minimum atomic E-state index is 0.567. The van der Waals surface area contributed by atoms with Gasteiger partial charge in [0, 0.05) is 24.0 Å². The number of hydrogen-bond acceptors (Lipinski definition) is 1. The first-order valence-electron chi connectivity index (χ1n) is 8.09. The molecule has 1 rings (SSSR count). The number of hydrogen-bond donors (Lipinski definition) is 1. The normalized spacial score (nSPS) is 14.9. The smallest absolute Gasteiger partial charge is 0.106 e. The lowest BCUT2D eigenvalue weighted by atomic mass is 9.89. The van der Waals surface area contributed by atoms with Crippen LogP contribution in [0.3, 0.4) is 0 Å². The van der Waals surface area contributed by atoms with Gasteiger partial charge in [-0.1, -0.05) is 54.4 Å². The maximum Gasteiger partial charge on any atom is 0.106 e. The number of nitrogens with one attached hydrogen (secondary N) is 1. The van der Waals surface area contributed by atoms with Gasteiger partial charge in [-0.15, -0.1) is 0 Å². The fraction of sp³-hybridized carbons (Fsp3) is 0.824. The van der Waals surface area contributed by atoms with E-state index in [9.17, 15) is 0 Å². The first-order valence-corrected chi connectivity index (χ1v) is 8.09. The second-order valence-electron chi connectivity index (χ2n) is 6.31. The molecule has 0 bridgehead atoms. The molecule has 0 aliphatic rings. The van der Waals surface area contributed by atoms with Gasteiger partial charge in [-0.05, 0) is 18.8 Å². The van der Waals surface area contributed by atoms with E-state index in [4.69, 9.17) is 4.98 Å². The highest BCUT2D eigenvalue weighted by Crippen LogP contribution is 2.31. The van der Waals surface area contributed by atoms with Gasteiger partial charge in [0.15, 0.2) is 0 Å². The summed E-state index contributed by atoms with van der Waals surface area (Å²) in [7, 11) is 0. The summed E-state index contributed by atoms with van der Waals surface area (Å²) >= 11 is 0. The van der Waals surface area contributed by atoms with E-state index >= 15 is 0 Å². The van der Waals surface area contributed by atoms with Crippen molar-refractivity contribution in [1.29, 1.82) is 0 Å². The van der Waals surface area contributed by atoms with Crippen molar-refractivity contribution in [1.82, 2.24) is 9.97 Å². The lowest BCUT2D eigenvalue weighted by Crippen LogP contribution is -2.07. The molecule has 2 heteroatoms. The Morgan fingerprint density at radius 3 is 2.26 bits per heavy atom. The molecule has 1 aromatic rings. The fourth-order valence-corrected chi connectivity index (χ4v) is 2.54. The van der Waals surface area contributed by atoms with E-state index in [1.807, 2.05) is 0 Å². The van der Waals surface area contributed by atoms with Crippen LogP contribution < -0.4 is 0 Å². The third-order valence-corrected chi connectivity index (χ3v) is 4.22. The maximum atomic E-state index is 4.91. The molecule has 1 heterocycles. The molecule has 2 atom stereocenters. The number of aryl methyl sites for hydroxylation is 1. The van der Waals surface area contributed by atoms with Crippen molar-refractivity contribution in [2.75, 3.05) is 0 Å². The topological polar surface area (TPSA) is 28.7 Å². The monoisotopic (exact) mass is 264 g/mol. The minimum absolute atomic E-state index is 0.567. The predicted octanol–water partition coefficient (Wildman–Crippen LogP) is 5.42. The lowest BCUT2D eigenvalue weighted by molar-refractivity contribution is 0.513. The molecular formula is C17H32N2. The molecule has 1 aromatic heterocycles. The van der Waals surface area contributed by atoms with Gasteiger partial charge in [0.05, 0.1) is 5.69 Å². The van der Waals surface area contributed by atoms with Crippen LogP contribution in [-0.2, 0) is 6.42 Å². The zero-order chi connectivity index (χ0) is 14.4. The van der Waals surface area contributed by atoms with Crippen molar-refractivity contribution in [2.45, 2.75) is 85.5 Å². The Morgan fingerprint density at radius 2 is 1.74 bits per heavy atom. The van der Waals surface area contributed by atoms with Crippen molar-refractivity contribution in [2.24, 2.45) is 5.92 Å². The average Bonchev–Trinajstić information content (AvgIpc) is 2.79. The molecule has 0 aliphatic carbocycles. The lowest BCUT2D eigenvalue weighted by Gasteiger charge is -2.18. The number of rotatable bonds is 8. The minimum Gasteiger partial charge on any atom is -0.345 e. The molecule has 2 unspecified atom stereocenters. The Labute approximate surface area is 119 Å². The van der Waals surface area contributed by atoms with Crippen LogP contribution in [0, 0.1) is 5.92 Å². The standard InChI is InChI=1S/C17H32N2/c1-7-9-11-15-18-16(13(5)10-8-2)17(19-15)14(6)12(3)4/h12-14H,7-11H2,1-6H3,(H,18,19). The molecule has 0 fully saturated rings. The Bertz CT molecular complexity index is 365. The third kappa shape index (κ3) is 4.36. The number of nitrogens with zero attached hydrogens (tertiary/aromatic N) is 1. The van der Waals surface area contributed by atoms with Crippen molar-refractivity contribution >= 4 is 0 Å². The molecule has 0 aliphatic heterocycles. The average molecular weight is 264 g/mol. The second-order valence-corrected chi connectivity index (χ2v) is 6.31. The van der Waals surface area contributed by atoms with Crippen LogP contribution in [0.5, 0.6) is 0 Å². The third-order valence-electron chi connectivity index (χ3n) is 4.22. The van der Waals surface area contributed by atoms with E-state index in [0.717, 1.165) is 6.42 Å². The van der Waals surface area contributed by atoms with Gasteiger partial charge in [0.1, 0.15) is 5.82 Å². The largest absolute Gasteiger partial charge is 0.345 e. The van der Waals surface area contributed by atoms with Gasteiger partial charge >= 0.3 is 0 Å². The van der Waals surface area contributed by atoms with Gasteiger partial charge in [-0.25, -0.2) is 4.98 Å². The Balaban J connectivity index is 2.99. The van der Waals surface area contributed by atoms with Crippen LogP contribution in [0.2, 0.25) is 0 Å². The van der Waals surface area contributed by atoms with Crippen LogP contribution in [-0.4, -0.2) is 9.97 Å². The zero-order valence-electron chi connectivity index (χ0n) is 13.7. The summed E-state index contributed by atoms with van der Waals surface area (Å²) < 4.78 is 0. The van der Waals surface area contributed by atoms with Gasteiger partial charge < -0.3 is 4.98 Å². The van der Waals surface area contributed by atoms with Crippen LogP contribution in [0.1, 0.15) is 96.3 Å². The number of H-pyrrole nitrogens is 1. The molecule has 110 valence electrons. The first kappa shape index (κ1) is 16.3. The van der Waals surface area contributed by atoms with Gasteiger partial charge in [-0.3, -0.25) is 0 Å². The predicted molar refractivity (Wildman–Crippen MR) is 83.8 cm³/mol. The Hall–Kier alpha value is -0.790. The number of aromatic amines is 1. The van der Waals surface area contributed by atoms with E-state index in [-0.39, 0.29) is 0 Å². The van der Waals surface area contributed by atoms with Crippen molar-refractivity contribution < 1.29 is 0 Å². The van der Waals surface area contributed by atoms with Crippen molar-refractivity contribution in [3.8, 4) is 0 Å². The molecule has 0 spiro atoms. The second kappa shape index (κ2) is 7.72. The summed E-state index contributed by atoms with van der Waals surface area (Å²) in [5.74, 6) is 3.00. The SMILES string of the molecule is CCCCc1nc(C(C)CCC)c(C(C)C(C)C)[nH]1. The van der Waals surface area contributed by atoms with E-state index in [2.05, 4.69) is 46.5 Å². The zero-order valence-corrected chi connectivity index (χ0v) is 13.7. The van der Waals surface area contributed by atoms with Crippen LogP contribution in [0.15, 0.2) is 0 Å². The number of aromatic nitrogens is 2. The maximum absolute atomic E-state index is 4.91. The summed E-state index contributed by atoms with van der Waals surface area (Å²) in [6.07, 6.45) is 6.01. The van der Waals surface area contributed by atoms with E-state index in [0.29, 0.717) is 17.8 Å². The van der Waals surface area contributed by atoms with Crippen molar-refractivity contribution in [3.63, 3.8) is 0 Å². The summed E-state index contributed by atoms with van der Waals surface area (Å²) in [5, 5.41) is 0. The molecule has 0 saturated heterocycles. The van der Waals surface area contributed by atoms with Gasteiger partial charge in [-0.2, -0.15) is 0 Å². The molecule has 0 aromatic carbocycles. The Kier molecular flexibility index (Phi) is 6.60. The van der Waals surface area contributed by atoms with E-state index < -0.39 is 0 Å². The molecule has 19 heavy (non-hydrogen) atoms. The molecule has 0 saturated carbocycles. The quantitative estimate of drug-likeness (QED) is 0.667. The highest BCUT2D eigenvalue weighted by molar-refractivity contribution is 5.23. The molecule has 2 nitrogen and oxygen atoms in total. The summed E-state index contributed by atoms with van der Waals surface area (Å²) in [6.45, 7) is 13.7. The summed E-state index contributed by atoms with van der Waals surface area (Å²) in [4.78, 5) is 8.54. The van der Waals surface area contributed by atoms with Crippen molar-refractivity contribution in [3.05, 3.63) is 17.2 Å². The molecule has 0 amide bonds. The first-order chi connectivity index (χ1) is 9.01. The van der Waals surface area contributed by atoms with E-state index in [1.54, 1.807) is 0 Å².